The predicted octanol–water partition coefficient (Wildman–Crippen LogP) is 1.55. The number of nitrogens with one attached hydrogen (secondary N) is 2. The first-order valence-corrected chi connectivity index (χ1v) is 5.55. The van der Waals surface area contributed by atoms with Crippen molar-refractivity contribution in [3.63, 3.8) is 0 Å². The fourth-order valence-electron chi connectivity index (χ4n) is 1.03. The van der Waals surface area contributed by atoms with Gasteiger partial charge in [0.05, 0.1) is 12.2 Å². The van der Waals surface area contributed by atoms with Crippen LogP contribution in [0.2, 0.25) is 0 Å². The van der Waals surface area contributed by atoms with Crippen LogP contribution in [0.3, 0.4) is 0 Å². The Labute approximate surface area is 106 Å². The molecule has 0 aliphatic carbocycles. The molecular formula is C10H11BrN2O4. The number of hydrazine groups is 1. The summed E-state index contributed by atoms with van der Waals surface area (Å²) in [6, 6.07) is 4.38. The molecule has 0 heterocycles. The van der Waals surface area contributed by atoms with Crippen LogP contribution < -0.4 is 10.9 Å². The predicted molar refractivity (Wildman–Crippen MR) is 63.4 cm³/mol. The Bertz CT molecular complexity index is 436. The van der Waals surface area contributed by atoms with E-state index >= 15 is 0 Å². The van der Waals surface area contributed by atoms with Gasteiger partial charge >= 0.3 is 6.09 Å². The van der Waals surface area contributed by atoms with E-state index in [0.717, 1.165) is 0 Å². The molecule has 0 spiro atoms. The Morgan fingerprint density at radius 3 is 2.76 bits per heavy atom. The average molecular weight is 303 g/mol. The number of hydrogen-bond acceptors (Lipinski definition) is 4. The molecule has 17 heavy (non-hydrogen) atoms. The lowest BCUT2D eigenvalue weighted by Crippen LogP contribution is -2.41. The lowest BCUT2D eigenvalue weighted by molar-refractivity contribution is 0.0910. The number of halogens is 1. The molecule has 6 nitrogen and oxygen atoms in total. The molecule has 0 aromatic heterocycles. The van der Waals surface area contributed by atoms with Gasteiger partial charge in [-0.25, -0.2) is 10.2 Å². The van der Waals surface area contributed by atoms with Crippen molar-refractivity contribution in [2.24, 2.45) is 0 Å². The van der Waals surface area contributed by atoms with E-state index in [1.807, 2.05) is 5.43 Å². The number of phenolic OH excluding ortho intramolecular Hbond substituents is 1. The molecule has 0 atom stereocenters. The van der Waals surface area contributed by atoms with Crippen LogP contribution in [0.15, 0.2) is 22.7 Å². The highest BCUT2D eigenvalue weighted by Crippen LogP contribution is 2.21. The van der Waals surface area contributed by atoms with Gasteiger partial charge in [-0.15, -0.1) is 0 Å². The Morgan fingerprint density at radius 1 is 1.41 bits per heavy atom. The third kappa shape index (κ3) is 3.95. The average Bonchev–Trinajstić information content (AvgIpc) is 2.29. The fraction of sp³-hybridized carbons (Fsp3) is 0.200. The molecule has 1 rings (SSSR count). The molecule has 0 fully saturated rings. The van der Waals surface area contributed by atoms with Crippen molar-refractivity contribution in [3.8, 4) is 5.75 Å². The lowest BCUT2D eigenvalue weighted by atomic mass is 10.2. The molecule has 0 aliphatic heterocycles. The second kappa shape index (κ2) is 6.09. The van der Waals surface area contributed by atoms with Crippen molar-refractivity contribution >= 4 is 27.9 Å². The highest BCUT2D eigenvalue weighted by Gasteiger charge is 2.12. The van der Waals surface area contributed by atoms with Crippen molar-refractivity contribution in [3.05, 3.63) is 28.2 Å². The molecule has 0 bridgehead atoms. The number of ether oxygens (including phenoxy) is 1. The minimum atomic E-state index is -0.768. The molecule has 1 aromatic rings. The number of carbonyl (C=O) groups excluding carboxylic acids is 2. The van der Waals surface area contributed by atoms with Crippen molar-refractivity contribution in [2.45, 2.75) is 6.92 Å². The second-order valence-corrected chi connectivity index (χ2v) is 3.88. The van der Waals surface area contributed by atoms with Crippen LogP contribution in [0.1, 0.15) is 17.3 Å². The molecular weight excluding hydrogens is 292 g/mol. The van der Waals surface area contributed by atoms with Gasteiger partial charge in [0.1, 0.15) is 5.75 Å². The second-order valence-electron chi connectivity index (χ2n) is 2.96. The molecule has 0 radical (unpaired) electrons. The zero-order chi connectivity index (χ0) is 12.8. The zero-order valence-corrected chi connectivity index (χ0v) is 10.6. The van der Waals surface area contributed by atoms with E-state index in [0.29, 0.717) is 4.47 Å². The van der Waals surface area contributed by atoms with E-state index in [1.165, 1.54) is 12.1 Å². The molecule has 2 amide bonds. The van der Waals surface area contributed by atoms with Gasteiger partial charge in [-0.3, -0.25) is 10.2 Å². The van der Waals surface area contributed by atoms with Crippen LogP contribution in [-0.2, 0) is 4.74 Å². The summed E-state index contributed by atoms with van der Waals surface area (Å²) in [6.07, 6.45) is -0.768. The molecule has 0 saturated heterocycles. The molecule has 3 N–H and O–H groups in total. The summed E-state index contributed by atoms with van der Waals surface area (Å²) in [6.45, 7) is 1.84. The van der Waals surface area contributed by atoms with Gasteiger partial charge in [-0.1, -0.05) is 15.9 Å². The summed E-state index contributed by atoms with van der Waals surface area (Å²) in [5.74, 6) is -0.826. The van der Waals surface area contributed by atoms with Crippen LogP contribution in [0.4, 0.5) is 4.79 Å². The fourth-order valence-corrected chi connectivity index (χ4v) is 1.39. The monoisotopic (exact) mass is 302 g/mol. The zero-order valence-electron chi connectivity index (χ0n) is 8.99. The summed E-state index contributed by atoms with van der Waals surface area (Å²) in [5.41, 5.74) is 4.19. The summed E-state index contributed by atoms with van der Waals surface area (Å²) >= 11 is 3.17. The third-order valence-corrected chi connectivity index (χ3v) is 2.25. The Morgan fingerprint density at radius 2 is 2.12 bits per heavy atom. The highest BCUT2D eigenvalue weighted by molar-refractivity contribution is 9.10. The standard InChI is InChI=1S/C10H11BrN2O4/c1-2-17-10(16)13-12-9(15)7-5-6(11)3-4-8(7)14/h3-5,14H,2H2,1H3,(H,12,15)(H,13,16). The smallest absolute Gasteiger partial charge is 0.426 e. The van der Waals surface area contributed by atoms with Crippen LogP contribution in [0.25, 0.3) is 0 Å². The normalized spacial score (nSPS) is 9.53. The Kier molecular flexibility index (Phi) is 4.77. The lowest BCUT2D eigenvalue weighted by Gasteiger charge is -2.08. The van der Waals surface area contributed by atoms with E-state index in [1.54, 1.807) is 13.0 Å². The van der Waals surface area contributed by atoms with Gasteiger partial charge in [-0.2, -0.15) is 0 Å². The highest BCUT2D eigenvalue weighted by atomic mass is 79.9. The number of benzene rings is 1. The van der Waals surface area contributed by atoms with Crippen molar-refractivity contribution < 1.29 is 19.4 Å². The van der Waals surface area contributed by atoms with Gasteiger partial charge in [0, 0.05) is 4.47 Å². The SMILES string of the molecule is CCOC(=O)NNC(=O)c1cc(Br)ccc1O. The van der Waals surface area contributed by atoms with Crippen LogP contribution in [-0.4, -0.2) is 23.7 Å². The number of phenols is 1. The number of carbonyl (C=O) groups is 2. The Hall–Kier alpha value is -1.76. The maximum atomic E-state index is 11.6. The number of hydrogen-bond donors (Lipinski definition) is 3. The largest absolute Gasteiger partial charge is 0.507 e. The number of amides is 2. The minimum absolute atomic E-state index is 0.0381. The van der Waals surface area contributed by atoms with Crippen molar-refractivity contribution in [1.82, 2.24) is 10.9 Å². The maximum absolute atomic E-state index is 11.6. The van der Waals surface area contributed by atoms with Crippen LogP contribution >= 0.6 is 15.9 Å². The molecule has 0 unspecified atom stereocenters. The quantitative estimate of drug-likeness (QED) is 0.723. The summed E-state index contributed by atoms with van der Waals surface area (Å²) in [7, 11) is 0. The van der Waals surface area contributed by atoms with E-state index in [2.05, 4.69) is 26.1 Å². The van der Waals surface area contributed by atoms with E-state index in [9.17, 15) is 14.7 Å². The van der Waals surface area contributed by atoms with Crippen molar-refractivity contribution in [2.75, 3.05) is 6.61 Å². The molecule has 92 valence electrons. The number of rotatable bonds is 2. The summed E-state index contributed by atoms with van der Waals surface area (Å²) < 4.78 is 5.18. The van der Waals surface area contributed by atoms with Gasteiger partial charge in [-0.05, 0) is 25.1 Å². The minimum Gasteiger partial charge on any atom is -0.507 e. The molecule has 0 saturated carbocycles. The summed E-state index contributed by atoms with van der Waals surface area (Å²) in [5, 5.41) is 9.45. The third-order valence-electron chi connectivity index (χ3n) is 1.76. The van der Waals surface area contributed by atoms with Crippen molar-refractivity contribution in [1.29, 1.82) is 0 Å². The first-order valence-electron chi connectivity index (χ1n) is 4.76. The van der Waals surface area contributed by atoms with Gasteiger partial charge in [0.15, 0.2) is 0 Å². The van der Waals surface area contributed by atoms with Crippen LogP contribution in [0, 0.1) is 0 Å². The first-order chi connectivity index (χ1) is 8.04. The molecule has 7 heteroatoms. The van der Waals surface area contributed by atoms with Gasteiger partial charge < -0.3 is 9.84 Å². The van der Waals surface area contributed by atoms with E-state index in [4.69, 9.17) is 0 Å². The topological polar surface area (TPSA) is 87.7 Å². The molecule has 1 aromatic carbocycles. The van der Waals surface area contributed by atoms with E-state index in [-0.39, 0.29) is 17.9 Å². The van der Waals surface area contributed by atoms with E-state index < -0.39 is 12.0 Å². The molecule has 0 aliphatic rings. The van der Waals surface area contributed by atoms with Gasteiger partial charge in [0.25, 0.3) is 5.91 Å². The Balaban J connectivity index is 2.64. The summed E-state index contributed by atoms with van der Waals surface area (Å²) in [4.78, 5) is 22.5. The van der Waals surface area contributed by atoms with Gasteiger partial charge in [0.2, 0.25) is 0 Å². The first kappa shape index (κ1) is 13.3. The maximum Gasteiger partial charge on any atom is 0.426 e. The van der Waals surface area contributed by atoms with Crippen LogP contribution in [0.5, 0.6) is 5.75 Å². The number of aromatic hydroxyl groups is 1.